The summed E-state index contributed by atoms with van der Waals surface area (Å²) in [4.78, 5) is 26.4. The summed E-state index contributed by atoms with van der Waals surface area (Å²) in [7, 11) is -3.88. The molecule has 1 atom stereocenters. The quantitative estimate of drug-likeness (QED) is 0.578. The van der Waals surface area contributed by atoms with Gasteiger partial charge in [-0.2, -0.15) is 0 Å². The average Bonchev–Trinajstić information content (AvgIpc) is 3.19. The van der Waals surface area contributed by atoms with Gasteiger partial charge in [-0.15, -0.1) is 0 Å². The van der Waals surface area contributed by atoms with Crippen LogP contribution in [0.5, 0.6) is 0 Å². The number of para-hydroxylation sites is 1. The van der Waals surface area contributed by atoms with Gasteiger partial charge in [0.05, 0.1) is 5.92 Å². The van der Waals surface area contributed by atoms with E-state index >= 15 is 0 Å². The average molecular weight is 463 g/mol. The first kappa shape index (κ1) is 24.0. The number of hydrogen-bond donors (Lipinski definition) is 3. The van der Waals surface area contributed by atoms with Crippen molar-refractivity contribution in [3.63, 3.8) is 0 Å². The zero-order chi connectivity index (χ0) is 23.5. The number of nitrogens with one attached hydrogen (secondary N) is 2. The van der Waals surface area contributed by atoms with E-state index < -0.39 is 21.5 Å². The van der Waals surface area contributed by atoms with Crippen molar-refractivity contribution in [1.82, 2.24) is 9.62 Å². The van der Waals surface area contributed by atoms with Gasteiger partial charge in [0.1, 0.15) is 0 Å². The van der Waals surface area contributed by atoms with Crippen molar-refractivity contribution in [1.29, 1.82) is 0 Å². The van der Waals surface area contributed by atoms with E-state index in [0.717, 1.165) is 24.9 Å². The molecule has 9 nitrogen and oxygen atoms in total. The fraction of sp³-hybridized carbons (Fsp3) is 0.455. The number of piperidine rings is 1. The highest BCUT2D eigenvalue weighted by atomic mass is 32.2. The number of anilines is 1. The van der Waals surface area contributed by atoms with Crippen LogP contribution in [-0.4, -0.2) is 43.8 Å². The fourth-order valence-electron chi connectivity index (χ4n) is 3.68. The topological polar surface area (TPSA) is 135 Å². The molecule has 0 bridgehead atoms. The third-order valence-corrected chi connectivity index (χ3v) is 6.71. The van der Waals surface area contributed by atoms with Crippen molar-refractivity contribution in [3.05, 3.63) is 47.7 Å². The van der Waals surface area contributed by atoms with Crippen molar-refractivity contribution in [2.45, 2.75) is 50.8 Å². The number of primary amides is 1. The number of carbonyl (C=O) groups excluding carboxylic acids is 2. The van der Waals surface area contributed by atoms with E-state index in [0.29, 0.717) is 18.8 Å². The van der Waals surface area contributed by atoms with Gasteiger partial charge in [0.2, 0.25) is 11.0 Å². The molecule has 0 radical (unpaired) electrons. The van der Waals surface area contributed by atoms with Crippen LogP contribution < -0.4 is 15.8 Å². The van der Waals surface area contributed by atoms with Crippen LogP contribution in [-0.2, 0) is 21.4 Å². The van der Waals surface area contributed by atoms with Gasteiger partial charge in [0.25, 0.3) is 15.9 Å². The molecule has 0 spiro atoms. The first-order valence-corrected chi connectivity index (χ1v) is 12.0. The number of hydrogen-bond acceptors (Lipinski definition) is 6. The fourth-order valence-corrected chi connectivity index (χ4v) is 5.03. The number of nitrogens with zero attached hydrogens (tertiary/aromatic N) is 1. The summed E-state index contributed by atoms with van der Waals surface area (Å²) in [5, 5.41) is 2.47. The molecule has 2 heterocycles. The second-order valence-electron chi connectivity index (χ2n) is 9.06. The SMILES string of the molecule is CC(C)(C)NS(=O)(=O)c1ccc(C(=O)Nc2ccccc2CN2CCCC(C(N)=O)C2)o1. The van der Waals surface area contributed by atoms with Crippen LogP contribution in [0, 0.1) is 5.92 Å². The normalized spacial score (nSPS) is 17.8. The molecular weight excluding hydrogens is 432 g/mol. The molecule has 1 aliphatic rings. The highest BCUT2D eigenvalue weighted by Crippen LogP contribution is 2.23. The standard InChI is InChI=1S/C22H30N4O5S/c1-22(2,3)25-32(29,30)19-11-10-18(31-19)21(28)24-17-9-5-4-7-15(17)13-26-12-6-8-16(14-26)20(23)27/h4-5,7,9-11,16,25H,6,8,12-14H2,1-3H3,(H2,23,27)(H,24,28). The number of rotatable bonds is 7. The summed E-state index contributed by atoms with van der Waals surface area (Å²) < 4.78 is 32.7. The Morgan fingerprint density at radius 2 is 1.91 bits per heavy atom. The Morgan fingerprint density at radius 1 is 1.19 bits per heavy atom. The summed E-state index contributed by atoms with van der Waals surface area (Å²) in [6.45, 7) is 7.11. The highest BCUT2D eigenvalue weighted by molar-refractivity contribution is 7.89. The van der Waals surface area contributed by atoms with Crippen LogP contribution in [0.2, 0.25) is 0 Å². The van der Waals surface area contributed by atoms with Crippen molar-refractivity contribution >= 4 is 27.5 Å². The van der Waals surface area contributed by atoms with E-state index in [-0.39, 0.29) is 22.7 Å². The monoisotopic (exact) mass is 462 g/mol. The number of likely N-dealkylation sites (tertiary alicyclic amines) is 1. The number of nitrogens with two attached hydrogens (primary N) is 1. The lowest BCUT2D eigenvalue weighted by Crippen LogP contribution is -2.40. The highest BCUT2D eigenvalue weighted by Gasteiger charge is 2.27. The molecule has 1 fully saturated rings. The first-order chi connectivity index (χ1) is 14.9. The maximum Gasteiger partial charge on any atom is 0.291 e. The number of sulfonamides is 1. The van der Waals surface area contributed by atoms with Gasteiger partial charge in [-0.1, -0.05) is 18.2 Å². The number of furan rings is 1. The Morgan fingerprint density at radius 3 is 2.59 bits per heavy atom. The summed E-state index contributed by atoms with van der Waals surface area (Å²) >= 11 is 0. The van der Waals surface area contributed by atoms with E-state index in [1.807, 2.05) is 12.1 Å². The largest absolute Gasteiger partial charge is 0.438 e. The van der Waals surface area contributed by atoms with Gasteiger partial charge < -0.3 is 15.5 Å². The minimum Gasteiger partial charge on any atom is -0.438 e. The molecule has 174 valence electrons. The summed E-state index contributed by atoms with van der Waals surface area (Å²) in [5.74, 6) is -1.12. The van der Waals surface area contributed by atoms with Gasteiger partial charge in [0, 0.05) is 24.3 Å². The van der Waals surface area contributed by atoms with Gasteiger partial charge in [-0.25, -0.2) is 13.1 Å². The van der Waals surface area contributed by atoms with Crippen LogP contribution in [0.4, 0.5) is 5.69 Å². The third-order valence-electron chi connectivity index (χ3n) is 5.08. The van der Waals surface area contributed by atoms with Crippen molar-refractivity contribution in [2.24, 2.45) is 11.7 Å². The van der Waals surface area contributed by atoms with E-state index in [4.69, 9.17) is 10.2 Å². The second kappa shape index (κ2) is 9.43. The van der Waals surface area contributed by atoms with Crippen LogP contribution in [0.3, 0.4) is 0 Å². The molecule has 32 heavy (non-hydrogen) atoms. The molecule has 10 heteroatoms. The lowest BCUT2D eigenvalue weighted by atomic mass is 9.97. The third kappa shape index (κ3) is 6.18. The number of benzene rings is 1. The molecule has 1 saturated heterocycles. The van der Waals surface area contributed by atoms with E-state index in [9.17, 15) is 18.0 Å². The van der Waals surface area contributed by atoms with E-state index in [1.54, 1.807) is 32.9 Å². The van der Waals surface area contributed by atoms with E-state index in [2.05, 4.69) is 14.9 Å². The maximum absolute atomic E-state index is 12.7. The Kier molecular flexibility index (Phi) is 7.06. The molecule has 4 N–H and O–H groups in total. The van der Waals surface area contributed by atoms with Gasteiger partial charge in [-0.3, -0.25) is 14.5 Å². The Bertz CT molecular complexity index is 1090. The molecule has 0 saturated carbocycles. The molecule has 0 aliphatic carbocycles. The van der Waals surface area contributed by atoms with Gasteiger partial charge in [-0.05, 0) is 63.9 Å². The first-order valence-electron chi connectivity index (χ1n) is 10.5. The van der Waals surface area contributed by atoms with Crippen molar-refractivity contribution in [2.75, 3.05) is 18.4 Å². The maximum atomic E-state index is 12.7. The van der Waals surface area contributed by atoms with Crippen LogP contribution in [0.1, 0.15) is 49.7 Å². The van der Waals surface area contributed by atoms with Crippen LogP contribution >= 0.6 is 0 Å². The Hall–Kier alpha value is -2.69. The van der Waals surface area contributed by atoms with Gasteiger partial charge >= 0.3 is 0 Å². The zero-order valence-corrected chi connectivity index (χ0v) is 19.4. The van der Waals surface area contributed by atoms with Crippen LogP contribution in [0.15, 0.2) is 45.9 Å². The second-order valence-corrected chi connectivity index (χ2v) is 10.7. The molecule has 1 aliphatic heterocycles. The van der Waals surface area contributed by atoms with Crippen LogP contribution in [0.25, 0.3) is 0 Å². The molecule has 2 amide bonds. The van der Waals surface area contributed by atoms with Crippen molar-refractivity contribution in [3.8, 4) is 0 Å². The van der Waals surface area contributed by atoms with Gasteiger partial charge in [0.15, 0.2) is 5.76 Å². The Balaban J connectivity index is 1.72. The molecule has 1 unspecified atom stereocenters. The molecule has 3 rings (SSSR count). The zero-order valence-electron chi connectivity index (χ0n) is 18.6. The lowest BCUT2D eigenvalue weighted by molar-refractivity contribution is -0.123. The molecular formula is C22H30N4O5S. The number of amides is 2. The minimum absolute atomic E-state index is 0.110. The summed E-state index contributed by atoms with van der Waals surface area (Å²) in [5.41, 5.74) is 6.25. The molecule has 2 aromatic rings. The predicted octanol–water partition coefficient (Wildman–Crippen LogP) is 2.31. The lowest BCUT2D eigenvalue weighted by Gasteiger charge is -2.31. The molecule has 1 aromatic heterocycles. The predicted molar refractivity (Wildman–Crippen MR) is 120 cm³/mol. The smallest absolute Gasteiger partial charge is 0.291 e. The summed E-state index contributed by atoms with van der Waals surface area (Å²) in [6, 6.07) is 9.92. The van der Waals surface area contributed by atoms with E-state index in [1.165, 1.54) is 12.1 Å². The van der Waals surface area contributed by atoms with Crippen molar-refractivity contribution < 1.29 is 22.4 Å². The Labute approximate surface area is 188 Å². The minimum atomic E-state index is -3.88. The number of carbonyl (C=O) groups is 2. The summed E-state index contributed by atoms with van der Waals surface area (Å²) in [6.07, 6.45) is 1.67. The molecule has 1 aromatic carbocycles.